The van der Waals surface area contributed by atoms with Crippen LogP contribution >= 0.6 is 34.8 Å². The molecule has 92 valence electrons. The summed E-state index contributed by atoms with van der Waals surface area (Å²) in [6.45, 7) is 2.10. The zero-order chi connectivity index (χ0) is 12.0. The molecule has 2 nitrogen and oxygen atoms in total. The van der Waals surface area contributed by atoms with Crippen molar-refractivity contribution < 1.29 is 0 Å². The van der Waals surface area contributed by atoms with Gasteiger partial charge < -0.3 is 4.90 Å². The molecule has 1 aliphatic carbocycles. The molecule has 1 aromatic rings. The van der Waals surface area contributed by atoms with Gasteiger partial charge in [-0.2, -0.15) is 0 Å². The Morgan fingerprint density at radius 3 is 2.35 bits per heavy atom. The van der Waals surface area contributed by atoms with Crippen molar-refractivity contribution in [3.05, 3.63) is 21.3 Å². The summed E-state index contributed by atoms with van der Waals surface area (Å²) < 4.78 is 0. The van der Waals surface area contributed by atoms with Gasteiger partial charge in [0.05, 0.1) is 10.0 Å². The lowest BCUT2D eigenvalue weighted by Gasteiger charge is -2.20. The molecule has 2 atom stereocenters. The zero-order valence-electron chi connectivity index (χ0n) is 9.30. The largest absolute Gasteiger partial charge is 0.355 e. The first-order valence-corrected chi connectivity index (χ1v) is 7.05. The molecule has 17 heavy (non-hydrogen) atoms. The van der Waals surface area contributed by atoms with Gasteiger partial charge in [0.1, 0.15) is 11.0 Å². The van der Waals surface area contributed by atoms with E-state index in [-0.39, 0.29) is 0 Å². The number of anilines is 1. The van der Waals surface area contributed by atoms with Crippen LogP contribution in [0.4, 0.5) is 5.82 Å². The van der Waals surface area contributed by atoms with Crippen molar-refractivity contribution in [2.24, 2.45) is 11.8 Å². The summed E-state index contributed by atoms with van der Waals surface area (Å²) in [6, 6.07) is 1.68. The van der Waals surface area contributed by atoms with Gasteiger partial charge in [-0.25, -0.2) is 4.98 Å². The highest BCUT2D eigenvalue weighted by Gasteiger charge is 2.37. The van der Waals surface area contributed by atoms with Gasteiger partial charge in [0.25, 0.3) is 0 Å². The standard InChI is InChI=1S/C12H13Cl3N2/c13-9-4-10(14)12(16-11(9)15)17-5-7-2-1-3-8(7)6-17/h4,7-8H,1-3,5-6H2. The van der Waals surface area contributed by atoms with Crippen LogP contribution in [0.5, 0.6) is 0 Å². The van der Waals surface area contributed by atoms with E-state index in [9.17, 15) is 0 Å². The van der Waals surface area contributed by atoms with Gasteiger partial charge in [-0.3, -0.25) is 0 Å². The zero-order valence-corrected chi connectivity index (χ0v) is 11.6. The van der Waals surface area contributed by atoms with Crippen LogP contribution in [0.2, 0.25) is 15.2 Å². The molecule has 2 heterocycles. The van der Waals surface area contributed by atoms with E-state index in [1.807, 2.05) is 0 Å². The third-order valence-corrected chi connectivity index (χ3v) is 4.85. The molecule has 0 spiro atoms. The normalized spacial score (nSPS) is 27.6. The van der Waals surface area contributed by atoms with Crippen LogP contribution in [-0.4, -0.2) is 18.1 Å². The fourth-order valence-electron chi connectivity index (χ4n) is 3.06. The molecule has 0 aromatic carbocycles. The topological polar surface area (TPSA) is 16.1 Å². The predicted octanol–water partition coefficient (Wildman–Crippen LogP) is 4.28. The fourth-order valence-corrected chi connectivity index (χ4v) is 3.68. The number of pyridine rings is 1. The molecule has 5 heteroatoms. The minimum atomic E-state index is 0.336. The molecule has 0 radical (unpaired) electrons. The number of nitrogens with zero attached hydrogens (tertiary/aromatic N) is 2. The molecule has 1 aliphatic heterocycles. The molecular weight excluding hydrogens is 279 g/mol. The molecule has 2 fully saturated rings. The van der Waals surface area contributed by atoms with Crippen LogP contribution in [0.1, 0.15) is 19.3 Å². The molecule has 2 aliphatic rings. The second-order valence-corrected chi connectivity index (χ2v) is 6.09. The van der Waals surface area contributed by atoms with Crippen LogP contribution in [0.25, 0.3) is 0 Å². The summed E-state index contributed by atoms with van der Waals surface area (Å²) in [5, 5.41) is 1.35. The Labute approximate surface area is 116 Å². The lowest BCUT2D eigenvalue weighted by atomic mass is 10.0. The fraction of sp³-hybridized carbons (Fsp3) is 0.583. The van der Waals surface area contributed by atoms with Gasteiger partial charge in [-0.1, -0.05) is 41.2 Å². The third kappa shape index (κ3) is 2.11. The summed E-state index contributed by atoms with van der Waals surface area (Å²) in [4.78, 5) is 6.56. The van der Waals surface area contributed by atoms with Crippen molar-refractivity contribution in [1.29, 1.82) is 0 Å². The second-order valence-electron chi connectivity index (χ2n) is 4.92. The highest BCUT2D eigenvalue weighted by atomic mass is 35.5. The van der Waals surface area contributed by atoms with E-state index in [4.69, 9.17) is 34.8 Å². The van der Waals surface area contributed by atoms with Crippen LogP contribution in [0, 0.1) is 11.8 Å². The number of halogens is 3. The quantitative estimate of drug-likeness (QED) is 0.718. The van der Waals surface area contributed by atoms with Crippen molar-refractivity contribution >= 4 is 40.6 Å². The maximum atomic E-state index is 6.19. The molecule has 0 amide bonds. The van der Waals surface area contributed by atoms with Crippen molar-refractivity contribution in [3.63, 3.8) is 0 Å². The lowest BCUT2D eigenvalue weighted by Crippen LogP contribution is -2.22. The molecule has 3 rings (SSSR count). The van der Waals surface area contributed by atoms with E-state index >= 15 is 0 Å². The Kier molecular flexibility index (Phi) is 3.14. The summed E-state index contributed by atoms with van der Waals surface area (Å²) in [5.41, 5.74) is 0. The number of rotatable bonds is 1. The summed E-state index contributed by atoms with van der Waals surface area (Å²) in [6.07, 6.45) is 4.03. The molecule has 1 saturated carbocycles. The first kappa shape index (κ1) is 11.9. The maximum Gasteiger partial charge on any atom is 0.150 e. The highest BCUT2D eigenvalue weighted by Crippen LogP contribution is 2.41. The number of hydrogen-bond donors (Lipinski definition) is 0. The Hall–Kier alpha value is -0.180. The van der Waals surface area contributed by atoms with Gasteiger partial charge >= 0.3 is 0 Å². The molecule has 0 N–H and O–H groups in total. The molecule has 0 bridgehead atoms. The van der Waals surface area contributed by atoms with Gasteiger partial charge in [0.15, 0.2) is 0 Å². The van der Waals surface area contributed by atoms with Crippen LogP contribution in [0.15, 0.2) is 6.07 Å². The average molecular weight is 292 g/mol. The average Bonchev–Trinajstić information content (AvgIpc) is 2.83. The summed E-state index contributed by atoms with van der Waals surface area (Å²) >= 11 is 18.0. The van der Waals surface area contributed by atoms with Crippen molar-refractivity contribution in [3.8, 4) is 0 Å². The van der Waals surface area contributed by atoms with E-state index in [0.29, 0.717) is 15.2 Å². The van der Waals surface area contributed by atoms with E-state index in [1.165, 1.54) is 19.3 Å². The summed E-state index contributed by atoms with van der Waals surface area (Å²) in [5.74, 6) is 2.40. The Morgan fingerprint density at radius 1 is 1.06 bits per heavy atom. The predicted molar refractivity (Wildman–Crippen MR) is 72.3 cm³/mol. The number of fused-ring (bicyclic) bond motifs is 1. The van der Waals surface area contributed by atoms with Crippen LogP contribution in [-0.2, 0) is 0 Å². The van der Waals surface area contributed by atoms with Crippen molar-refractivity contribution in [1.82, 2.24) is 4.98 Å². The van der Waals surface area contributed by atoms with Crippen LogP contribution in [0.3, 0.4) is 0 Å². The van der Waals surface area contributed by atoms with Gasteiger partial charge in [-0.15, -0.1) is 0 Å². The van der Waals surface area contributed by atoms with Gasteiger partial charge in [0, 0.05) is 13.1 Å². The smallest absolute Gasteiger partial charge is 0.150 e. The number of hydrogen-bond acceptors (Lipinski definition) is 2. The molecule has 1 aromatic heterocycles. The molecular formula is C12H13Cl3N2. The summed E-state index contributed by atoms with van der Waals surface area (Å²) in [7, 11) is 0. The second kappa shape index (κ2) is 4.49. The van der Waals surface area contributed by atoms with E-state index in [2.05, 4.69) is 9.88 Å². The number of aromatic nitrogens is 1. The highest BCUT2D eigenvalue weighted by molar-refractivity contribution is 6.42. The van der Waals surface area contributed by atoms with Gasteiger partial charge in [0.2, 0.25) is 0 Å². The van der Waals surface area contributed by atoms with E-state index < -0.39 is 0 Å². The Bertz CT molecular complexity index is 438. The lowest BCUT2D eigenvalue weighted by molar-refractivity contribution is 0.494. The first-order chi connectivity index (χ1) is 8.15. The van der Waals surface area contributed by atoms with E-state index in [0.717, 1.165) is 30.7 Å². The molecule has 1 saturated heterocycles. The minimum Gasteiger partial charge on any atom is -0.355 e. The van der Waals surface area contributed by atoms with E-state index in [1.54, 1.807) is 6.07 Å². The molecule has 2 unspecified atom stereocenters. The Morgan fingerprint density at radius 2 is 1.71 bits per heavy atom. The minimum absolute atomic E-state index is 0.336. The SMILES string of the molecule is Clc1cc(Cl)c(N2CC3CCCC3C2)nc1Cl. The van der Waals surface area contributed by atoms with Crippen LogP contribution < -0.4 is 4.90 Å². The first-order valence-electron chi connectivity index (χ1n) is 5.91. The Balaban J connectivity index is 1.88. The van der Waals surface area contributed by atoms with Crippen molar-refractivity contribution in [2.45, 2.75) is 19.3 Å². The van der Waals surface area contributed by atoms with Crippen molar-refractivity contribution in [2.75, 3.05) is 18.0 Å². The third-order valence-electron chi connectivity index (χ3n) is 3.89. The van der Waals surface area contributed by atoms with Gasteiger partial charge in [-0.05, 0) is 30.7 Å². The maximum absolute atomic E-state index is 6.19. The monoisotopic (exact) mass is 290 g/mol.